The second-order valence-electron chi connectivity index (χ2n) is 5.73. The molecule has 2 N–H and O–H groups in total. The van der Waals surface area contributed by atoms with Crippen molar-refractivity contribution in [3.8, 4) is 0 Å². The maximum absolute atomic E-state index is 12.4. The molecule has 142 valence electrons. The monoisotopic (exact) mass is 380 g/mol. The molecule has 8 nitrogen and oxygen atoms in total. The summed E-state index contributed by atoms with van der Waals surface area (Å²) < 4.78 is 37.2. The Morgan fingerprint density at radius 3 is 2.59 bits per heavy atom. The summed E-state index contributed by atoms with van der Waals surface area (Å²) in [7, 11) is 0. The molecule has 27 heavy (non-hydrogen) atoms. The number of aromatic nitrogens is 3. The van der Waals surface area contributed by atoms with Crippen LogP contribution in [0.3, 0.4) is 0 Å². The van der Waals surface area contributed by atoms with Crippen LogP contribution in [0.5, 0.6) is 0 Å². The molecule has 0 saturated heterocycles. The fraction of sp³-hybridized carbons (Fsp3) is 0.312. The van der Waals surface area contributed by atoms with E-state index in [4.69, 9.17) is 0 Å². The number of nitrogens with zero attached hydrogens (tertiary/aromatic N) is 4. The molecule has 0 aliphatic carbocycles. The fourth-order valence-electron chi connectivity index (χ4n) is 2.45. The Kier molecular flexibility index (Phi) is 5.19. The van der Waals surface area contributed by atoms with Crippen LogP contribution in [0.2, 0.25) is 0 Å². The zero-order valence-corrected chi connectivity index (χ0v) is 14.0. The Labute approximate surface area is 151 Å². The highest BCUT2D eigenvalue weighted by Crippen LogP contribution is 2.26. The fourth-order valence-corrected chi connectivity index (χ4v) is 2.45. The van der Waals surface area contributed by atoms with Crippen molar-refractivity contribution in [3.05, 3.63) is 41.7 Å². The molecule has 0 radical (unpaired) electrons. The molecule has 1 aromatic heterocycles. The van der Waals surface area contributed by atoms with Crippen LogP contribution in [0.4, 0.5) is 19.1 Å². The van der Waals surface area contributed by atoms with Crippen LogP contribution in [0.1, 0.15) is 30.7 Å². The number of carbonyl (C=O) groups is 2. The first-order valence-corrected chi connectivity index (χ1v) is 8.05. The highest BCUT2D eigenvalue weighted by atomic mass is 19.4. The molecule has 2 aromatic rings. The number of anilines is 1. The summed E-state index contributed by atoms with van der Waals surface area (Å²) in [6.45, 7) is 0.417. The van der Waals surface area contributed by atoms with E-state index >= 15 is 0 Å². The number of hydrazone groups is 1. The molecular weight excluding hydrogens is 365 g/mol. The van der Waals surface area contributed by atoms with E-state index in [1.165, 1.54) is 5.01 Å². The smallest absolute Gasteiger partial charge is 0.293 e. The third-order valence-electron chi connectivity index (χ3n) is 3.77. The van der Waals surface area contributed by atoms with E-state index in [2.05, 4.69) is 20.5 Å². The molecule has 11 heteroatoms. The van der Waals surface area contributed by atoms with Crippen molar-refractivity contribution in [1.82, 2.24) is 20.2 Å². The van der Waals surface area contributed by atoms with Crippen LogP contribution in [-0.4, -0.2) is 44.3 Å². The maximum Gasteiger partial charge on any atom is 0.451 e. The first kappa shape index (κ1) is 18.5. The second kappa shape index (κ2) is 7.56. The molecule has 1 aliphatic heterocycles. The van der Waals surface area contributed by atoms with Gasteiger partial charge in [-0.1, -0.05) is 30.3 Å². The molecule has 0 fully saturated rings. The topological polar surface area (TPSA) is 103 Å². The summed E-state index contributed by atoms with van der Waals surface area (Å²) in [4.78, 5) is 27.1. The van der Waals surface area contributed by atoms with Crippen LogP contribution >= 0.6 is 0 Å². The van der Waals surface area contributed by atoms with Crippen molar-refractivity contribution in [3.63, 3.8) is 0 Å². The molecule has 0 spiro atoms. The quantitative estimate of drug-likeness (QED) is 0.830. The molecular formula is C16H15F3N6O2. The first-order chi connectivity index (χ1) is 12.8. The zero-order chi connectivity index (χ0) is 19.4. The number of alkyl halides is 3. The van der Waals surface area contributed by atoms with E-state index in [1.54, 1.807) is 5.10 Å². The predicted octanol–water partition coefficient (Wildman–Crippen LogP) is 2.18. The van der Waals surface area contributed by atoms with Gasteiger partial charge in [0, 0.05) is 19.3 Å². The number of benzene rings is 1. The molecule has 0 unspecified atom stereocenters. The molecule has 0 saturated carbocycles. The average Bonchev–Trinajstić information content (AvgIpc) is 3.30. The van der Waals surface area contributed by atoms with E-state index in [0.717, 1.165) is 11.3 Å². The lowest BCUT2D eigenvalue weighted by Gasteiger charge is -2.10. The SMILES string of the molecule is O=C(CCC(=O)N1CCC(c2ccccc2)=N1)Nc1n[nH]c(C(F)(F)F)n1. The predicted molar refractivity (Wildman–Crippen MR) is 88.6 cm³/mol. The Balaban J connectivity index is 1.50. The van der Waals surface area contributed by atoms with Gasteiger partial charge in [0.25, 0.3) is 0 Å². The molecule has 2 heterocycles. The molecule has 1 aromatic carbocycles. The Hall–Kier alpha value is -3.24. The molecule has 0 atom stereocenters. The van der Waals surface area contributed by atoms with Crippen LogP contribution in [0, 0.1) is 0 Å². The normalized spacial score (nSPS) is 14.2. The van der Waals surface area contributed by atoms with Crippen molar-refractivity contribution in [2.75, 3.05) is 11.9 Å². The highest BCUT2D eigenvalue weighted by molar-refractivity contribution is 6.02. The zero-order valence-electron chi connectivity index (χ0n) is 14.0. The third-order valence-corrected chi connectivity index (χ3v) is 3.77. The Bertz CT molecular complexity index is 863. The standard InChI is InChI=1S/C16H15F3N6O2/c17-16(18,19)14-21-15(23-22-14)20-12(26)6-7-13(27)25-9-8-11(24-25)10-4-2-1-3-5-10/h1-5H,6-9H2,(H2,20,21,22,23,26). The van der Waals surface area contributed by atoms with Gasteiger partial charge in [-0.25, -0.2) is 5.01 Å². The van der Waals surface area contributed by atoms with Gasteiger partial charge in [-0.15, -0.1) is 5.10 Å². The molecule has 2 amide bonds. The maximum atomic E-state index is 12.4. The van der Waals surface area contributed by atoms with E-state index in [-0.39, 0.29) is 18.7 Å². The van der Waals surface area contributed by atoms with Gasteiger partial charge >= 0.3 is 6.18 Å². The number of nitrogens with one attached hydrogen (secondary N) is 2. The van der Waals surface area contributed by atoms with Gasteiger partial charge in [0.05, 0.1) is 12.3 Å². The third kappa shape index (κ3) is 4.68. The Morgan fingerprint density at radius 2 is 1.93 bits per heavy atom. The number of H-pyrrole nitrogens is 1. The van der Waals surface area contributed by atoms with Gasteiger partial charge in [0.1, 0.15) is 0 Å². The van der Waals surface area contributed by atoms with E-state index in [0.29, 0.717) is 13.0 Å². The lowest BCUT2D eigenvalue weighted by molar-refractivity contribution is -0.144. The number of aromatic amines is 1. The van der Waals surface area contributed by atoms with E-state index < -0.39 is 23.9 Å². The second-order valence-corrected chi connectivity index (χ2v) is 5.73. The summed E-state index contributed by atoms with van der Waals surface area (Å²) in [6.07, 6.45) is -4.43. The number of rotatable bonds is 5. The summed E-state index contributed by atoms with van der Waals surface area (Å²) in [6, 6.07) is 9.42. The van der Waals surface area contributed by atoms with Gasteiger partial charge in [-0.3, -0.25) is 20.0 Å². The minimum atomic E-state index is -4.68. The number of hydrogen-bond donors (Lipinski definition) is 2. The van der Waals surface area contributed by atoms with Gasteiger partial charge in [0.2, 0.25) is 23.6 Å². The van der Waals surface area contributed by atoms with Crippen LogP contribution in [-0.2, 0) is 15.8 Å². The lowest BCUT2D eigenvalue weighted by atomic mass is 10.1. The summed E-state index contributed by atoms with van der Waals surface area (Å²) in [5.41, 5.74) is 1.71. The minimum absolute atomic E-state index is 0.131. The summed E-state index contributed by atoms with van der Waals surface area (Å²) in [5, 5.41) is 12.6. The molecule has 0 bridgehead atoms. The largest absolute Gasteiger partial charge is 0.451 e. The van der Waals surface area contributed by atoms with Crippen molar-refractivity contribution >= 4 is 23.5 Å². The summed E-state index contributed by atoms with van der Waals surface area (Å²) in [5.74, 6) is -2.82. The van der Waals surface area contributed by atoms with E-state index in [9.17, 15) is 22.8 Å². The van der Waals surface area contributed by atoms with Crippen LogP contribution in [0.15, 0.2) is 35.4 Å². The Morgan fingerprint density at radius 1 is 1.19 bits per heavy atom. The van der Waals surface area contributed by atoms with E-state index in [1.807, 2.05) is 30.3 Å². The number of amides is 2. The van der Waals surface area contributed by atoms with Gasteiger partial charge in [0.15, 0.2) is 0 Å². The number of halogens is 3. The number of hydrogen-bond acceptors (Lipinski definition) is 5. The lowest BCUT2D eigenvalue weighted by Crippen LogP contribution is -2.25. The molecule has 1 aliphatic rings. The van der Waals surface area contributed by atoms with Crippen molar-refractivity contribution in [2.45, 2.75) is 25.4 Å². The average molecular weight is 380 g/mol. The number of carbonyl (C=O) groups excluding carboxylic acids is 2. The van der Waals surface area contributed by atoms with Crippen molar-refractivity contribution in [1.29, 1.82) is 0 Å². The van der Waals surface area contributed by atoms with Crippen molar-refractivity contribution < 1.29 is 22.8 Å². The minimum Gasteiger partial charge on any atom is -0.293 e. The molecule has 3 rings (SSSR count). The van der Waals surface area contributed by atoms with Crippen LogP contribution < -0.4 is 5.32 Å². The first-order valence-electron chi connectivity index (χ1n) is 8.05. The van der Waals surface area contributed by atoms with Gasteiger partial charge in [-0.05, 0) is 5.56 Å². The highest BCUT2D eigenvalue weighted by Gasteiger charge is 2.35. The van der Waals surface area contributed by atoms with Gasteiger partial charge < -0.3 is 0 Å². The van der Waals surface area contributed by atoms with Gasteiger partial charge in [-0.2, -0.15) is 23.3 Å². The van der Waals surface area contributed by atoms with Crippen LogP contribution in [0.25, 0.3) is 0 Å². The summed E-state index contributed by atoms with van der Waals surface area (Å²) >= 11 is 0. The van der Waals surface area contributed by atoms with Crippen molar-refractivity contribution in [2.24, 2.45) is 5.10 Å².